The van der Waals surface area contributed by atoms with Gasteiger partial charge in [0.1, 0.15) is 24.3 Å². The van der Waals surface area contributed by atoms with Crippen molar-refractivity contribution in [1.29, 1.82) is 0 Å². The Labute approximate surface area is 171 Å². The Balaban J connectivity index is 1.53. The number of nitrogens with zero attached hydrogens (tertiary/aromatic N) is 4. The summed E-state index contributed by atoms with van der Waals surface area (Å²) >= 11 is 0. The largest absolute Gasteiger partial charge is 0.447 e. The molecule has 3 aromatic rings. The molecule has 0 radical (unpaired) electrons. The van der Waals surface area contributed by atoms with Gasteiger partial charge in [0.05, 0.1) is 18.3 Å². The van der Waals surface area contributed by atoms with Gasteiger partial charge in [-0.1, -0.05) is 12.1 Å². The Morgan fingerprint density at radius 2 is 2.17 bits per heavy atom. The minimum atomic E-state index is -0.787. The van der Waals surface area contributed by atoms with E-state index in [-0.39, 0.29) is 18.4 Å². The van der Waals surface area contributed by atoms with Crippen LogP contribution in [0.15, 0.2) is 42.9 Å². The summed E-state index contributed by atoms with van der Waals surface area (Å²) in [7, 11) is 0. The van der Waals surface area contributed by atoms with Crippen LogP contribution in [0.1, 0.15) is 25.5 Å². The van der Waals surface area contributed by atoms with Gasteiger partial charge in [0.15, 0.2) is 0 Å². The zero-order valence-corrected chi connectivity index (χ0v) is 16.4. The molecule has 10 heteroatoms. The van der Waals surface area contributed by atoms with E-state index in [1.165, 1.54) is 17.2 Å². The van der Waals surface area contributed by atoms with E-state index >= 15 is 0 Å². The molecule has 2 aromatic heterocycles. The van der Waals surface area contributed by atoms with Crippen molar-refractivity contribution in [2.45, 2.75) is 32.0 Å². The van der Waals surface area contributed by atoms with Gasteiger partial charge in [-0.3, -0.25) is 10.00 Å². The summed E-state index contributed by atoms with van der Waals surface area (Å²) in [6.07, 6.45) is 3.43. The quantitative estimate of drug-likeness (QED) is 0.570. The Hall–Kier alpha value is -3.53. The van der Waals surface area contributed by atoms with Crippen molar-refractivity contribution in [3.8, 4) is 11.1 Å². The SMILES string of the molecule is C[C@H](Nc1nccc(N2C(=O)OCC2[C@@H](C)O)n1)c1ccc(-c2cn[nH]c2)cc1F. The molecule has 0 aliphatic carbocycles. The molecule has 0 bridgehead atoms. The average molecular weight is 412 g/mol. The van der Waals surface area contributed by atoms with Crippen LogP contribution in [0.4, 0.5) is 21.0 Å². The first-order chi connectivity index (χ1) is 14.4. The second-order valence-corrected chi connectivity index (χ2v) is 7.08. The molecule has 1 aromatic carbocycles. The van der Waals surface area contributed by atoms with Gasteiger partial charge in [-0.05, 0) is 31.5 Å². The third-order valence-electron chi connectivity index (χ3n) is 4.99. The fourth-order valence-electron chi connectivity index (χ4n) is 3.35. The predicted octanol–water partition coefficient (Wildman–Crippen LogP) is 2.88. The number of halogens is 1. The molecule has 3 atom stereocenters. The van der Waals surface area contributed by atoms with Crippen molar-refractivity contribution in [2.75, 3.05) is 16.8 Å². The number of amides is 1. The zero-order valence-electron chi connectivity index (χ0n) is 16.4. The lowest BCUT2D eigenvalue weighted by Crippen LogP contribution is -2.41. The number of H-pyrrole nitrogens is 1. The minimum Gasteiger partial charge on any atom is -0.447 e. The van der Waals surface area contributed by atoms with Gasteiger partial charge in [0, 0.05) is 23.5 Å². The molecule has 1 amide bonds. The number of carbonyl (C=O) groups is 1. The van der Waals surface area contributed by atoms with E-state index in [9.17, 15) is 14.3 Å². The lowest BCUT2D eigenvalue weighted by molar-refractivity contribution is 0.142. The van der Waals surface area contributed by atoms with E-state index < -0.39 is 24.3 Å². The average Bonchev–Trinajstić information content (AvgIpc) is 3.38. The summed E-state index contributed by atoms with van der Waals surface area (Å²) in [5.41, 5.74) is 1.95. The number of aromatic nitrogens is 4. The Kier molecular flexibility index (Phi) is 5.32. The summed E-state index contributed by atoms with van der Waals surface area (Å²) in [6.45, 7) is 3.45. The fraction of sp³-hybridized carbons (Fsp3) is 0.300. The maximum atomic E-state index is 14.7. The number of aliphatic hydroxyl groups excluding tert-OH is 1. The number of aliphatic hydroxyl groups is 1. The first-order valence-corrected chi connectivity index (χ1v) is 9.46. The summed E-state index contributed by atoms with van der Waals surface area (Å²) < 4.78 is 19.7. The van der Waals surface area contributed by atoms with E-state index in [1.807, 2.05) is 6.07 Å². The van der Waals surface area contributed by atoms with Gasteiger partial charge in [-0.15, -0.1) is 0 Å². The number of nitrogens with one attached hydrogen (secondary N) is 2. The van der Waals surface area contributed by atoms with Crippen molar-refractivity contribution in [3.05, 3.63) is 54.2 Å². The standard InChI is InChI=1S/C20H21FN6O3/c1-11(15-4-3-13(7-16(15)21)14-8-23-24-9-14)25-19-22-6-5-18(26-19)27-17(12(2)28)10-30-20(27)29/h3-9,11-12,17,28H,10H2,1-2H3,(H,23,24)(H,22,25,26)/t11-,12+,17?/m0/s1. The van der Waals surface area contributed by atoms with E-state index in [1.54, 1.807) is 38.4 Å². The second kappa shape index (κ2) is 8.07. The highest BCUT2D eigenvalue weighted by molar-refractivity contribution is 5.89. The normalized spacial score (nSPS) is 18.2. The number of aromatic amines is 1. The minimum absolute atomic E-state index is 0.0773. The number of hydrogen-bond acceptors (Lipinski definition) is 7. The van der Waals surface area contributed by atoms with E-state index in [0.29, 0.717) is 16.9 Å². The lowest BCUT2D eigenvalue weighted by Gasteiger charge is -2.23. The van der Waals surface area contributed by atoms with Crippen molar-refractivity contribution in [1.82, 2.24) is 20.2 Å². The summed E-state index contributed by atoms with van der Waals surface area (Å²) in [4.78, 5) is 21.9. The van der Waals surface area contributed by atoms with E-state index in [2.05, 4.69) is 25.5 Å². The van der Waals surface area contributed by atoms with Crippen LogP contribution in [-0.2, 0) is 4.74 Å². The number of benzene rings is 1. The van der Waals surface area contributed by atoms with Crippen LogP contribution >= 0.6 is 0 Å². The van der Waals surface area contributed by atoms with Crippen molar-refractivity contribution < 1.29 is 19.0 Å². The lowest BCUT2D eigenvalue weighted by atomic mass is 10.0. The summed E-state index contributed by atoms with van der Waals surface area (Å²) in [5.74, 6) is 0.147. The molecule has 9 nitrogen and oxygen atoms in total. The summed E-state index contributed by atoms with van der Waals surface area (Å²) in [5, 5.41) is 19.5. The molecular formula is C20H21FN6O3. The van der Waals surface area contributed by atoms with Gasteiger partial charge in [-0.2, -0.15) is 10.1 Å². The van der Waals surface area contributed by atoms with Crippen LogP contribution in [-0.4, -0.2) is 50.1 Å². The topological polar surface area (TPSA) is 116 Å². The first kappa shape index (κ1) is 19.8. The van der Waals surface area contributed by atoms with Crippen LogP contribution in [0.3, 0.4) is 0 Å². The van der Waals surface area contributed by atoms with Gasteiger partial charge >= 0.3 is 6.09 Å². The molecule has 4 rings (SSSR count). The number of rotatable bonds is 6. The van der Waals surface area contributed by atoms with Crippen LogP contribution in [0.25, 0.3) is 11.1 Å². The highest BCUT2D eigenvalue weighted by atomic mass is 19.1. The number of ether oxygens (including phenoxy) is 1. The molecule has 1 aliphatic heterocycles. The highest BCUT2D eigenvalue weighted by Gasteiger charge is 2.38. The molecule has 3 heterocycles. The molecule has 30 heavy (non-hydrogen) atoms. The molecule has 156 valence electrons. The van der Waals surface area contributed by atoms with Gasteiger partial charge in [-0.25, -0.2) is 14.2 Å². The monoisotopic (exact) mass is 412 g/mol. The van der Waals surface area contributed by atoms with Gasteiger partial charge < -0.3 is 15.2 Å². The van der Waals surface area contributed by atoms with Gasteiger partial charge in [0.25, 0.3) is 0 Å². The maximum absolute atomic E-state index is 14.7. The van der Waals surface area contributed by atoms with Crippen molar-refractivity contribution >= 4 is 17.9 Å². The van der Waals surface area contributed by atoms with Crippen molar-refractivity contribution in [3.63, 3.8) is 0 Å². The molecule has 0 spiro atoms. The Morgan fingerprint density at radius 3 is 2.87 bits per heavy atom. The Morgan fingerprint density at radius 1 is 1.33 bits per heavy atom. The highest BCUT2D eigenvalue weighted by Crippen LogP contribution is 2.27. The second-order valence-electron chi connectivity index (χ2n) is 7.08. The number of anilines is 2. The molecule has 1 unspecified atom stereocenters. The van der Waals surface area contributed by atoms with E-state index in [4.69, 9.17) is 4.74 Å². The fourth-order valence-corrected chi connectivity index (χ4v) is 3.35. The summed E-state index contributed by atoms with van der Waals surface area (Å²) in [6, 6.07) is 5.54. The molecule has 0 saturated carbocycles. The molecule has 1 saturated heterocycles. The van der Waals surface area contributed by atoms with Crippen LogP contribution in [0, 0.1) is 5.82 Å². The third kappa shape index (κ3) is 3.81. The van der Waals surface area contributed by atoms with Crippen LogP contribution in [0.5, 0.6) is 0 Å². The number of cyclic esters (lactones) is 1. The number of hydrogen-bond donors (Lipinski definition) is 3. The van der Waals surface area contributed by atoms with Crippen LogP contribution < -0.4 is 10.2 Å². The van der Waals surface area contributed by atoms with E-state index in [0.717, 1.165) is 5.56 Å². The molecule has 1 aliphatic rings. The van der Waals surface area contributed by atoms with Gasteiger partial charge in [0.2, 0.25) is 5.95 Å². The molecular weight excluding hydrogens is 391 g/mol. The zero-order chi connectivity index (χ0) is 21.3. The third-order valence-corrected chi connectivity index (χ3v) is 4.99. The molecule has 3 N–H and O–H groups in total. The predicted molar refractivity (Wildman–Crippen MR) is 107 cm³/mol. The first-order valence-electron chi connectivity index (χ1n) is 9.46. The Bertz CT molecular complexity index is 1040. The maximum Gasteiger partial charge on any atom is 0.416 e. The number of carbonyl (C=O) groups excluding carboxylic acids is 1. The van der Waals surface area contributed by atoms with Crippen molar-refractivity contribution in [2.24, 2.45) is 0 Å². The van der Waals surface area contributed by atoms with Crippen LogP contribution in [0.2, 0.25) is 0 Å². The smallest absolute Gasteiger partial charge is 0.416 e. The molecule has 1 fully saturated rings.